The van der Waals surface area contributed by atoms with Crippen LogP contribution in [0.1, 0.15) is 50.7 Å². The van der Waals surface area contributed by atoms with E-state index in [1.165, 1.54) is 12.1 Å². The molecule has 2 saturated heterocycles. The average molecular weight is 452 g/mol. The molecule has 0 aliphatic carbocycles. The summed E-state index contributed by atoms with van der Waals surface area (Å²) < 4.78 is 13.4. The number of piperidine rings is 1. The van der Waals surface area contributed by atoms with Gasteiger partial charge in [0.1, 0.15) is 5.82 Å². The predicted molar refractivity (Wildman–Crippen MR) is 127 cm³/mol. The van der Waals surface area contributed by atoms with Crippen LogP contribution >= 0.6 is 0 Å². The molecule has 2 aromatic rings. The summed E-state index contributed by atoms with van der Waals surface area (Å²) in [6.07, 6.45) is 3.71. The highest BCUT2D eigenvalue weighted by atomic mass is 19.1. The van der Waals surface area contributed by atoms with Crippen molar-refractivity contribution in [3.05, 3.63) is 71.5 Å². The summed E-state index contributed by atoms with van der Waals surface area (Å²) in [5.74, 6) is 0.0842. The number of nitrogens with one attached hydrogen (secondary N) is 1. The van der Waals surface area contributed by atoms with Gasteiger partial charge in [0.15, 0.2) is 0 Å². The molecule has 2 aliphatic rings. The number of nitrogens with zero attached hydrogens (tertiary/aromatic N) is 2. The van der Waals surface area contributed by atoms with Gasteiger partial charge in [-0.15, -0.1) is 0 Å². The second kappa shape index (κ2) is 10.0. The molecule has 4 rings (SSSR count). The summed E-state index contributed by atoms with van der Waals surface area (Å²) in [6, 6.07) is 16.1. The van der Waals surface area contributed by atoms with Crippen molar-refractivity contribution in [2.24, 2.45) is 5.92 Å². The number of likely N-dealkylation sites (tertiary alicyclic amines) is 1. The third kappa shape index (κ3) is 4.96. The zero-order valence-corrected chi connectivity index (χ0v) is 19.6. The lowest BCUT2D eigenvalue weighted by Crippen LogP contribution is -2.59. The van der Waals surface area contributed by atoms with Crippen LogP contribution in [0.25, 0.3) is 0 Å². The van der Waals surface area contributed by atoms with Crippen molar-refractivity contribution < 1.29 is 14.0 Å². The third-order valence-electron chi connectivity index (χ3n) is 7.30. The van der Waals surface area contributed by atoms with E-state index in [0.717, 1.165) is 24.0 Å². The number of amides is 2. The van der Waals surface area contributed by atoms with Gasteiger partial charge in [-0.2, -0.15) is 0 Å². The van der Waals surface area contributed by atoms with Crippen LogP contribution in [0.15, 0.2) is 54.6 Å². The lowest BCUT2D eigenvalue weighted by molar-refractivity contribution is -0.140. The zero-order valence-electron chi connectivity index (χ0n) is 19.6. The second-order valence-corrected chi connectivity index (χ2v) is 9.31. The van der Waals surface area contributed by atoms with Crippen LogP contribution in [0.2, 0.25) is 0 Å². The van der Waals surface area contributed by atoms with Gasteiger partial charge in [0.05, 0.1) is 11.7 Å². The molecule has 2 fully saturated rings. The Hall–Kier alpha value is -2.73. The number of carbonyl (C=O) groups is 2. The molecular formula is C27H34FN3O2. The van der Waals surface area contributed by atoms with E-state index in [9.17, 15) is 14.0 Å². The SMILES string of the molecule is CCC(CC)C(=O)N1CCC2(CC1)N[C@@H](Cc1ccccc1)C(=O)N2Cc1ccc(F)cc1. The molecule has 2 aromatic carbocycles. The minimum Gasteiger partial charge on any atom is -0.342 e. The summed E-state index contributed by atoms with van der Waals surface area (Å²) in [5, 5.41) is 3.67. The molecule has 2 heterocycles. The summed E-state index contributed by atoms with van der Waals surface area (Å²) in [6.45, 7) is 5.82. The maximum Gasteiger partial charge on any atom is 0.241 e. The van der Waals surface area contributed by atoms with E-state index in [1.807, 2.05) is 40.1 Å². The molecule has 33 heavy (non-hydrogen) atoms. The van der Waals surface area contributed by atoms with E-state index >= 15 is 0 Å². The highest BCUT2D eigenvalue weighted by Crippen LogP contribution is 2.35. The van der Waals surface area contributed by atoms with Gasteiger partial charge in [0.25, 0.3) is 0 Å². The Kier molecular flexibility index (Phi) is 7.13. The molecule has 0 radical (unpaired) electrons. The number of benzene rings is 2. The largest absolute Gasteiger partial charge is 0.342 e. The van der Waals surface area contributed by atoms with Crippen LogP contribution in [0.4, 0.5) is 4.39 Å². The molecule has 1 N–H and O–H groups in total. The highest BCUT2D eigenvalue weighted by Gasteiger charge is 2.51. The minimum absolute atomic E-state index is 0.0679. The Morgan fingerprint density at radius 3 is 2.27 bits per heavy atom. The molecule has 0 unspecified atom stereocenters. The molecule has 0 aromatic heterocycles. The van der Waals surface area contributed by atoms with E-state index in [2.05, 4.69) is 19.2 Å². The molecule has 1 spiro atoms. The van der Waals surface area contributed by atoms with Crippen molar-refractivity contribution >= 4 is 11.8 Å². The van der Waals surface area contributed by atoms with Crippen molar-refractivity contribution in [1.82, 2.24) is 15.1 Å². The lowest BCUT2D eigenvalue weighted by Gasteiger charge is -2.45. The molecular weight excluding hydrogens is 417 g/mol. The topological polar surface area (TPSA) is 52.7 Å². The van der Waals surface area contributed by atoms with Gasteiger partial charge in [-0.1, -0.05) is 56.3 Å². The molecule has 2 amide bonds. The average Bonchev–Trinajstić information content (AvgIpc) is 3.07. The van der Waals surface area contributed by atoms with Crippen molar-refractivity contribution in [2.75, 3.05) is 13.1 Å². The zero-order chi connectivity index (χ0) is 23.4. The Morgan fingerprint density at radius 2 is 1.67 bits per heavy atom. The summed E-state index contributed by atoms with van der Waals surface area (Å²) in [4.78, 5) is 30.4. The van der Waals surface area contributed by atoms with Gasteiger partial charge < -0.3 is 9.80 Å². The minimum atomic E-state index is -0.490. The summed E-state index contributed by atoms with van der Waals surface area (Å²) >= 11 is 0. The third-order valence-corrected chi connectivity index (χ3v) is 7.30. The molecule has 2 aliphatic heterocycles. The Bertz CT molecular complexity index is 951. The van der Waals surface area contributed by atoms with E-state index in [1.54, 1.807) is 12.1 Å². The normalized spacial score (nSPS) is 20.1. The molecule has 176 valence electrons. The van der Waals surface area contributed by atoms with Gasteiger partial charge in [-0.3, -0.25) is 14.9 Å². The first kappa shape index (κ1) is 23.4. The van der Waals surface area contributed by atoms with E-state index in [-0.39, 0.29) is 29.6 Å². The number of hydrogen-bond acceptors (Lipinski definition) is 3. The van der Waals surface area contributed by atoms with Crippen molar-refractivity contribution in [3.63, 3.8) is 0 Å². The smallest absolute Gasteiger partial charge is 0.241 e. The Labute approximate surface area is 196 Å². The predicted octanol–water partition coefficient (Wildman–Crippen LogP) is 4.12. The van der Waals surface area contributed by atoms with Gasteiger partial charge in [0.2, 0.25) is 11.8 Å². The van der Waals surface area contributed by atoms with E-state index < -0.39 is 5.66 Å². The standard InChI is InChI=1S/C27H34FN3O2/c1-3-22(4-2)25(32)30-16-14-27(15-17-30)29-24(18-20-8-6-5-7-9-20)26(33)31(27)19-21-10-12-23(28)13-11-21/h5-13,22,24,29H,3-4,14-19H2,1-2H3/t24-/m0/s1. The molecule has 0 saturated carbocycles. The number of halogens is 1. The number of rotatable bonds is 7. The fourth-order valence-electron chi connectivity index (χ4n) is 5.26. The molecule has 5 nitrogen and oxygen atoms in total. The number of hydrogen-bond donors (Lipinski definition) is 1. The quantitative estimate of drug-likeness (QED) is 0.689. The van der Waals surface area contributed by atoms with Gasteiger partial charge >= 0.3 is 0 Å². The van der Waals surface area contributed by atoms with Crippen molar-refractivity contribution in [3.8, 4) is 0 Å². The molecule has 1 atom stereocenters. The van der Waals surface area contributed by atoms with Crippen LogP contribution in [0.5, 0.6) is 0 Å². The van der Waals surface area contributed by atoms with Crippen LogP contribution in [-0.4, -0.2) is 46.4 Å². The first-order chi connectivity index (χ1) is 16.0. The first-order valence-electron chi connectivity index (χ1n) is 12.1. The van der Waals surface area contributed by atoms with Gasteiger partial charge in [-0.25, -0.2) is 4.39 Å². The summed E-state index contributed by atoms with van der Waals surface area (Å²) in [7, 11) is 0. The fraction of sp³-hybridized carbons (Fsp3) is 0.481. The lowest BCUT2D eigenvalue weighted by atomic mass is 9.93. The van der Waals surface area contributed by atoms with Crippen LogP contribution < -0.4 is 5.32 Å². The molecule has 0 bridgehead atoms. The van der Waals surface area contributed by atoms with Crippen LogP contribution in [0, 0.1) is 11.7 Å². The van der Waals surface area contributed by atoms with Crippen LogP contribution in [0.3, 0.4) is 0 Å². The summed E-state index contributed by atoms with van der Waals surface area (Å²) in [5.41, 5.74) is 1.53. The van der Waals surface area contributed by atoms with Crippen molar-refractivity contribution in [2.45, 2.75) is 64.2 Å². The Morgan fingerprint density at radius 1 is 1.03 bits per heavy atom. The maximum absolute atomic E-state index is 13.6. The fourth-order valence-corrected chi connectivity index (χ4v) is 5.26. The van der Waals surface area contributed by atoms with E-state index in [4.69, 9.17) is 0 Å². The highest BCUT2D eigenvalue weighted by molar-refractivity contribution is 5.86. The monoisotopic (exact) mass is 451 g/mol. The first-order valence-corrected chi connectivity index (χ1v) is 12.1. The Balaban J connectivity index is 1.54. The van der Waals surface area contributed by atoms with E-state index in [0.29, 0.717) is 38.9 Å². The number of carbonyl (C=O) groups excluding carboxylic acids is 2. The second-order valence-electron chi connectivity index (χ2n) is 9.31. The van der Waals surface area contributed by atoms with Gasteiger partial charge in [0, 0.05) is 38.4 Å². The maximum atomic E-state index is 13.6. The molecule has 6 heteroatoms. The van der Waals surface area contributed by atoms with Crippen LogP contribution in [-0.2, 0) is 22.6 Å². The van der Waals surface area contributed by atoms with Crippen molar-refractivity contribution in [1.29, 1.82) is 0 Å². The van der Waals surface area contributed by atoms with Gasteiger partial charge in [-0.05, 0) is 42.5 Å².